The SMILES string of the molecule is C/C=N\N1CCN(CCCc2cc(-c3ccc(C)cc3)no2)CC1. The fourth-order valence-electron chi connectivity index (χ4n) is 3.01. The zero-order valence-corrected chi connectivity index (χ0v) is 14.6. The van der Waals surface area contributed by atoms with E-state index in [1.165, 1.54) is 5.56 Å². The summed E-state index contributed by atoms with van der Waals surface area (Å²) in [4.78, 5) is 2.50. The summed E-state index contributed by atoms with van der Waals surface area (Å²) in [6.07, 6.45) is 3.90. The van der Waals surface area contributed by atoms with Gasteiger partial charge in [-0.25, -0.2) is 0 Å². The third-order valence-corrected chi connectivity index (χ3v) is 4.43. The molecule has 1 aromatic heterocycles. The molecule has 2 heterocycles. The highest BCUT2D eigenvalue weighted by Gasteiger charge is 2.15. The summed E-state index contributed by atoms with van der Waals surface area (Å²) in [6, 6.07) is 10.5. The number of hydrogen-bond donors (Lipinski definition) is 0. The number of aryl methyl sites for hydroxylation is 2. The lowest BCUT2D eigenvalue weighted by Crippen LogP contribution is -2.44. The standard InChI is InChI=1S/C19H26N4O/c1-3-20-23-13-11-22(12-14-23)10-4-5-18-15-19(21-24-18)17-8-6-16(2)7-9-17/h3,6-9,15H,4-5,10-14H2,1-2H3/b20-3-. The van der Waals surface area contributed by atoms with Gasteiger partial charge < -0.3 is 4.52 Å². The quantitative estimate of drug-likeness (QED) is 0.765. The van der Waals surface area contributed by atoms with Gasteiger partial charge in [-0.05, 0) is 26.8 Å². The van der Waals surface area contributed by atoms with Crippen LogP contribution in [-0.4, -0.2) is 54.0 Å². The molecule has 0 radical (unpaired) electrons. The Balaban J connectivity index is 1.44. The van der Waals surface area contributed by atoms with Crippen molar-refractivity contribution in [2.45, 2.75) is 26.7 Å². The van der Waals surface area contributed by atoms with E-state index in [1.807, 2.05) is 13.1 Å². The second kappa shape index (κ2) is 8.11. The van der Waals surface area contributed by atoms with Gasteiger partial charge in [0.05, 0.1) is 0 Å². The van der Waals surface area contributed by atoms with E-state index in [9.17, 15) is 0 Å². The summed E-state index contributed by atoms with van der Waals surface area (Å²) in [5.41, 5.74) is 3.30. The van der Waals surface area contributed by atoms with Gasteiger partial charge in [0.15, 0.2) is 0 Å². The molecule has 24 heavy (non-hydrogen) atoms. The molecule has 5 heteroatoms. The van der Waals surface area contributed by atoms with Crippen LogP contribution in [0.25, 0.3) is 11.3 Å². The number of aromatic nitrogens is 1. The highest BCUT2D eigenvalue weighted by Crippen LogP contribution is 2.20. The first-order valence-corrected chi connectivity index (χ1v) is 8.73. The molecule has 5 nitrogen and oxygen atoms in total. The first-order chi connectivity index (χ1) is 11.7. The van der Waals surface area contributed by atoms with Crippen LogP contribution >= 0.6 is 0 Å². The van der Waals surface area contributed by atoms with Crippen molar-refractivity contribution in [3.8, 4) is 11.3 Å². The van der Waals surface area contributed by atoms with Crippen molar-refractivity contribution in [2.75, 3.05) is 32.7 Å². The Kier molecular flexibility index (Phi) is 5.64. The number of benzene rings is 1. The van der Waals surface area contributed by atoms with Crippen LogP contribution in [0.3, 0.4) is 0 Å². The summed E-state index contributed by atoms with van der Waals surface area (Å²) in [6.45, 7) is 9.37. The fraction of sp³-hybridized carbons (Fsp3) is 0.474. The Morgan fingerprint density at radius 2 is 1.92 bits per heavy atom. The number of hydrazone groups is 1. The molecule has 1 aliphatic rings. The summed E-state index contributed by atoms with van der Waals surface area (Å²) >= 11 is 0. The highest BCUT2D eigenvalue weighted by atomic mass is 16.5. The van der Waals surface area contributed by atoms with Gasteiger partial charge in [-0.15, -0.1) is 0 Å². The van der Waals surface area contributed by atoms with E-state index in [1.54, 1.807) is 0 Å². The molecule has 3 rings (SSSR count). The maximum Gasteiger partial charge on any atom is 0.137 e. The molecule has 0 spiro atoms. The minimum atomic E-state index is 0.927. The van der Waals surface area contributed by atoms with Crippen molar-refractivity contribution in [2.24, 2.45) is 5.10 Å². The Morgan fingerprint density at radius 1 is 1.17 bits per heavy atom. The molecule has 0 amide bonds. The van der Waals surface area contributed by atoms with E-state index in [-0.39, 0.29) is 0 Å². The third kappa shape index (κ3) is 4.45. The first kappa shape index (κ1) is 16.7. The molecule has 2 aromatic rings. The van der Waals surface area contributed by atoms with Crippen LogP contribution in [0.5, 0.6) is 0 Å². The summed E-state index contributed by atoms with van der Waals surface area (Å²) in [7, 11) is 0. The van der Waals surface area contributed by atoms with E-state index in [0.717, 1.165) is 62.6 Å². The maximum absolute atomic E-state index is 5.49. The van der Waals surface area contributed by atoms with Crippen molar-refractivity contribution in [1.29, 1.82) is 0 Å². The Bertz CT molecular complexity index is 654. The van der Waals surface area contributed by atoms with Gasteiger partial charge in [0.25, 0.3) is 0 Å². The van der Waals surface area contributed by atoms with Crippen LogP contribution in [-0.2, 0) is 6.42 Å². The second-order valence-electron chi connectivity index (χ2n) is 6.32. The maximum atomic E-state index is 5.49. The zero-order chi connectivity index (χ0) is 16.8. The molecular formula is C19H26N4O. The van der Waals surface area contributed by atoms with Crippen LogP contribution < -0.4 is 0 Å². The van der Waals surface area contributed by atoms with Crippen molar-refractivity contribution in [3.05, 3.63) is 41.7 Å². The van der Waals surface area contributed by atoms with E-state index in [0.29, 0.717) is 0 Å². The molecule has 1 fully saturated rings. The Hall–Kier alpha value is -2.14. The van der Waals surface area contributed by atoms with Gasteiger partial charge in [-0.3, -0.25) is 9.91 Å². The van der Waals surface area contributed by atoms with Crippen LogP contribution in [0.1, 0.15) is 24.7 Å². The van der Waals surface area contributed by atoms with Gasteiger partial charge in [0, 0.05) is 50.4 Å². The molecule has 128 valence electrons. The average Bonchev–Trinajstić information content (AvgIpc) is 3.06. The lowest BCUT2D eigenvalue weighted by atomic mass is 10.1. The summed E-state index contributed by atoms with van der Waals surface area (Å²) < 4.78 is 5.49. The third-order valence-electron chi connectivity index (χ3n) is 4.43. The predicted octanol–water partition coefficient (Wildman–Crippen LogP) is 3.21. The zero-order valence-electron chi connectivity index (χ0n) is 14.6. The van der Waals surface area contributed by atoms with Crippen molar-refractivity contribution in [1.82, 2.24) is 15.1 Å². The molecule has 1 aliphatic heterocycles. The Morgan fingerprint density at radius 3 is 2.62 bits per heavy atom. The number of rotatable bonds is 6. The normalized spacial score (nSPS) is 16.2. The van der Waals surface area contributed by atoms with Crippen molar-refractivity contribution < 1.29 is 4.52 Å². The number of piperazine rings is 1. The van der Waals surface area contributed by atoms with E-state index in [4.69, 9.17) is 4.52 Å². The van der Waals surface area contributed by atoms with Crippen LogP contribution in [0.4, 0.5) is 0 Å². The summed E-state index contributed by atoms with van der Waals surface area (Å²) in [5, 5.41) is 10.7. The van der Waals surface area contributed by atoms with Crippen molar-refractivity contribution >= 4 is 6.21 Å². The molecular weight excluding hydrogens is 300 g/mol. The number of hydrogen-bond acceptors (Lipinski definition) is 5. The van der Waals surface area contributed by atoms with E-state index < -0.39 is 0 Å². The molecule has 0 unspecified atom stereocenters. The Labute approximate surface area is 143 Å². The average molecular weight is 326 g/mol. The minimum absolute atomic E-state index is 0.927. The van der Waals surface area contributed by atoms with Gasteiger partial charge in [0.1, 0.15) is 11.5 Å². The van der Waals surface area contributed by atoms with E-state index >= 15 is 0 Å². The predicted molar refractivity (Wildman–Crippen MR) is 97.2 cm³/mol. The molecule has 1 aromatic carbocycles. The molecule has 0 aliphatic carbocycles. The van der Waals surface area contributed by atoms with Crippen LogP contribution in [0.15, 0.2) is 40.0 Å². The monoisotopic (exact) mass is 326 g/mol. The molecule has 1 saturated heterocycles. The lowest BCUT2D eigenvalue weighted by molar-refractivity contribution is 0.135. The van der Waals surface area contributed by atoms with Gasteiger partial charge >= 0.3 is 0 Å². The fourth-order valence-corrected chi connectivity index (χ4v) is 3.01. The van der Waals surface area contributed by atoms with Crippen molar-refractivity contribution in [3.63, 3.8) is 0 Å². The van der Waals surface area contributed by atoms with Gasteiger partial charge in [0.2, 0.25) is 0 Å². The molecule has 0 bridgehead atoms. The minimum Gasteiger partial charge on any atom is -0.361 e. The van der Waals surface area contributed by atoms with Crippen LogP contribution in [0.2, 0.25) is 0 Å². The number of nitrogens with zero attached hydrogens (tertiary/aromatic N) is 4. The second-order valence-corrected chi connectivity index (χ2v) is 6.32. The lowest BCUT2D eigenvalue weighted by Gasteiger charge is -2.32. The first-order valence-electron chi connectivity index (χ1n) is 8.73. The summed E-state index contributed by atoms with van der Waals surface area (Å²) in [5.74, 6) is 0.972. The largest absolute Gasteiger partial charge is 0.361 e. The molecule has 0 saturated carbocycles. The topological polar surface area (TPSA) is 44.9 Å². The molecule has 0 N–H and O–H groups in total. The molecule has 0 atom stereocenters. The van der Waals surface area contributed by atoms with Gasteiger partial charge in [-0.2, -0.15) is 5.10 Å². The van der Waals surface area contributed by atoms with Crippen LogP contribution in [0, 0.1) is 6.92 Å². The highest BCUT2D eigenvalue weighted by molar-refractivity contribution is 5.59. The smallest absolute Gasteiger partial charge is 0.137 e. The van der Waals surface area contributed by atoms with Gasteiger partial charge in [-0.1, -0.05) is 35.0 Å². The van der Waals surface area contributed by atoms with E-state index in [2.05, 4.69) is 57.4 Å².